The minimum atomic E-state index is -0.945. The molecular weight excluding hydrogens is 356 g/mol. The topological polar surface area (TPSA) is 73.6 Å². The van der Waals surface area contributed by atoms with Gasteiger partial charge in [-0.15, -0.1) is 0 Å². The fourth-order valence-corrected chi connectivity index (χ4v) is 3.73. The van der Waals surface area contributed by atoms with Crippen molar-refractivity contribution in [3.05, 3.63) is 53.9 Å². The van der Waals surface area contributed by atoms with Crippen molar-refractivity contribution in [1.82, 2.24) is 9.55 Å². The van der Waals surface area contributed by atoms with Crippen molar-refractivity contribution in [1.29, 1.82) is 0 Å². The number of methoxy groups -OCH3 is 1. The summed E-state index contributed by atoms with van der Waals surface area (Å²) in [5, 5.41) is 9.72. The average Bonchev–Trinajstić information content (AvgIpc) is 3.08. The molecule has 1 aliphatic rings. The Hall–Kier alpha value is -3.28. The van der Waals surface area contributed by atoms with Crippen LogP contribution in [0.25, 0.3) is 22.5 Å². The molecule has 0 fully saturated rings. The Bertz CT molecular complexity index is 1040. The molecule has 144 valence electrons. The lowest BCUT2D eigenvalue weighted by molar-refractivity contribution is 0.0685. The van der Waals surface area contributed by atoms with E-state index in [1.807, 2.05) is 48.7 Å². The summed E-state index contributed by atoms with van der Waals surface area (Å²) in [5.41, 5.74) is 4.73. The van der Waals surface area contributed by atoms with Gasteiger partial charge in [0.25, 0.3) is 0 Å². The van der Waals surface area contributed by atoms with Crippen LogP contribution in [0.5, 0.6) is 11.5 Å². The van der Waals surface area contributed by atoms with Crippen LogP contribution in [0.2, 0.25) is 0 Å². The molecule has 0 saturated heterocycles. The number of ether oxygens (including phenoxy) is 2. The van der Waals surface area contributed by atoms with Crippen molar-refractivity contribution in [2.45, 2.75) is 32.9 Å². The summed E-state index contributed by atoms with van der Waals surface area (Å²) < 4.78 is 13.3. The van der Waals surface area contributed by atoms with Gasteiger partial charge in [-0.1, -0.05) is 6.07 Å². The van der Waals surface area contributed by atoms with E-state index in [-0.39, 0.29) is 11.8 Å². The molecule has 28 heavy (non-hydrogen) atoms. The number of aromatic nitrogens is 2. The van der Waals surface area contributed by atoms with Crippen molar-refractivity contribution >= 4 is 5.97 Å². The molecule has 2 aromatic heterocycles. The number of aryl methyl sites for hydroxylation is 1. The lowest BCUT2D eigenvalue weighted by atomic mass is 9.94. The van der Waals surface area contributed by atoms with Crippen molar-refractivity contribution in [3.8, 4) is 34.0 Å². The number of hydrogen-bond acceptors (Lipinski definition) is 4. The molecule has 6 nitrogen and oxygen atoms in total. The standard InChI is InChI=1S/C22H22N2O4/c1-13(2)28-20-12-15-14(10-19(20)27-3)7-9-24-18(22(25)26)11-16(21(15)24)17-6-4-5-8-23-17/h4-6,8,10-13H,7,9H2,1-3H3,(H,25,26). The molecule has 0 atom stereocenters. The van der Waals surface area contributed by atoms with Gasteiger partial charge in [0.05, 0.1) is 24.6 Å². The number of carbonyl (C=O) groups is 1. The van der Waals surface area contributed by atoms with Crippen LogP contribution < -0.4 is 9.47 Å². The van der Waals surface area contributed by atoms with E-state index in [4.69, 9.17) is 9.47 Å². The molecule has 1 aliphatic heterocycles. The molecule has 0 amide bonds. The number of pyridine rings is 1. The highest BCUT2D eigenvalue weighted by molar-refractivity contribution is 5.94. The second kappa shape index (κ2) is 7.03. The Morgan fingerprint density at radius 1 is 1.18 bits per heavy atom. The first kappa shape index (κ1) is 18.1. The molecule has 4 rings (SSSR count). The highest BCUT2D eigenvalue weighted by Gasteiger charge is 2.28. The third-order valence-electron chi connectivity index (χ3n) is 4.87. The van der Waals surface area contributed by atoms with Crippen molar-refractivity contribution in [2.24, 2.45) is 0 Å². The third-order valence-corrected chi connectivity index (χ3v) is 4.87. The predicted octanol–water partition coefficient (Wildman–Crippen LogP) is 4.27. The maximum atomic E-state index is 11.9. The first-order valence-corrected chi connectivity index (χ1v) is 9.25. The minimum Gasteiger partial charge on any atom is -0.493 e. The van der Waals surface area contributed by atoms with Gasteiger partial charge in [0.2, 0.25) is 0 Å². The van der Waals surface area contributed by atoms with Gasteiger partial charge in [-0.3, -0.25) is 4.98 Å². The summed E-state index contributed by atoms with van der Waals surface area (Å²) in [6.07, 6.45) is 2.43. The Morgan fingerprint density at radius 3 is 2.64 bits per heavy atom. The fourth-order valence-electron chi connectivity index (χ4n) is 3.73. The highest BCUT2D eigenvalue weighted by atomic mass is 16.5. The number of nitrogens with zero attached hydrogens (tertiary/aromatic N) is 2. The summed E-state index contributed by atoms with van der Waals surface area (Å²) in [6, 6.07) is 11.3. The van der Waals surface area contributed by atoms with Gasteiger partial charge in [-0.25, -0.2) is 4.79 Å². The van der Waals surface area contributed by atoms with E-state index in [1.165, 1.54) is 0 Å². The van der Waals surface area contributed by atoms with Crippen LogP contribution in [-0.2, 0) is 13.0 Å². The Kier molecular flexibility index (Phi) is 4.55. The Morgan fingerprint density at radius 2 is 2.00 bits per heavy atom. The van der Waals surface area contributed by atoms with Crippen molar-refractivity contribution in [3.63, 3.8) is 0 Å². The van der Waals surface area contributed by atoms with Gasteiger partial charge in [-0.05, 0) is 56.2 Å². The van der Waals surface area contributed by atoms with Crippen molar-refractivity contribution < 1.29 is 19.4 Å². The molecule has 0 spiro atoms. The van der Waals surface area contributed by atoms with E-state index in [9.17, 15) is 9.90 Å². The quantitative estimate of drug-likeness (QED) is 0.718. The SMILES string of the molecule is COc1cc2c(cc1OC(C)C)-c1c(-c3ccccn3)cc(C(=O)O)n1CC2. The second-order valence-electron chi connectivity index (χ2n) is 7.04. The number of hydrogen-bond donors (Lipinski definition) is 1. The van der Waals surface area contributed by atoms with Crippen LogP contribution in [-0.4, -0.2) is 33.8 Å². The number of benzene rings is 1. The van der Waals surface area contributed by atoms with E-state index in [0.29, 0.717) is 18.0 Å². The van der Waals surface area contributed by atoms with Crippen molar-refractivity contribution in [2.75, 3.05) is 7.11 Å². The molecule has 3 aromatic rings. The molecule has 0 bridgehead atoms. The second-order valence-corrected chi connectivity index (χ2v) is 7.04. The van der Waals surface area contributed by atoms with Gasteiger partial charge in [0.1, 0.15) is 5.69 Å². The fraction of sp³-hybridized carbons (Fsp3) is 0.273. The van der Waals surface area contributed by atoms with Crippen LogP contribution in [0.15, 0.2) is 42.6 Å². The lowest BCUT2D eigenvalue weighted by Gasteiger charge is -2.24. The molecule has 6 heteroatoms. The molecule has 0 unspecified atom stereocenters. The van der Waals surface area contributed by atoms with Gasteiger partial charge in [0.15, 0.2) is 11.5 Å². The van der Waals surface area contributed by atoms with Gasteiger partial charge in [-0.2, -0.15) is 0 Å². The van der Waals surface area contributed by atoms with Gasteiger partial charge >= 0.3 is 5.97 Å². The molecule has 0 aliphatic carbocycles. The van der Waals surface area contributed by atoms with Crippen LogP contribution >= 0.6 is 0 Å². The first-order valence-electron chi connectivity index (χ1n) is 9.25. The summed E-state index contributed by atoms with van der Waals surface area (Å²) >= 11 is 0. The van der Waals surface area contributed by atoms with E-state index in [1.54, 1.807) is 19.4 Å². The molecular formula is C22H22N2O4. The zero-order valence-electron chi connectivity index (χ0n) is 16.1. The number of rotatable bonds is 5. The van der Waals surface area contributed by atoms with Gasteiger partial charge in [0, 0.05) is 23.9 Å². The average molecular weight is 378 g/mol. The van der Waals surface area contributed by atoms with E-state index in [2.05, 4.69) is 4.98 Å². The molecule has 0 saturated carbocycles. The minimum absolute atomic E-state index is 0.00725. The summed E-state index contributed by atoms with van der Waals surface area (Å²) in [7, 11) is 1.63. The smallest absolute Gasteiger partial charge is 0.352 e. The summed E-state index contributed by atoms with van der Waals surface area (Å²) in [5.74, 6) is 0.388. The monoisotopic (exact) mass is 378 g/mol. The van der Waals surface area contributed by atoms with E-state index in [0.717, 1.165) is 34.5 Å². The van der Waals surface area contributed by atoms with Crippen LogP contribution in [0.1, 0.15) is 29.9 Å². The third kappa shape index (κ3) is 3.01. The number of fused-ring (bicyclic) bond motifs is 3. The zero-order valence-corrected chi connectivity index (χ0v) is 16.1. The number of carboxylic acids is 1. The predicted molar refractivity (Wildman–Crippen MR) is 106 cm³/mol. The highest BCUT2D eigenvalue weighted by Crippen LogP contribution is 2.44. The van der Waals surface area contributed by atoms with E-state index < -0.39 is 5.97 Å². The Balaban J connectivity index is 1.98. The van der Waals surface area contributed by atoms with E-state index >= 15 is 0 Å². The van der Waals surface area contributed by atoms with Crippen LogP contribution in [0, 0.1) is 0 Å². The number of aromatic carboxylic acids is 1. The first-order chi connectivity index (χ1) is 13.5. The largest absolute Gasteiger partial charge is 0.493 e. The maximum absolute atomic E-state index is 11.9. The lowest BCUT2D eigenvalue weighted by Crippen LogP contribution is -2.16. The Labute approximate surface area is 163 Å². The zero-order chi connectivity index (χ0) is 19.8. The maximum Gasteiger partial charge on any atom is 0.352 e. The molecule has 3 heterocycles. The molecule has 1 aromatic carbocycles. The summed E-state index contributed by atoms with van der Waals surface area (Å²) in [6.45, 7) is 4.51. The van der Waals surface area contributed by atoms with Crippen LogP contribution in [0.3, 0.4) is 0 Å². The number of carboxylic acid groups (broad SMARTS) is 1. The normalized spacial score (nSPS) is 12.4. The summed E-state index contributed by atoms with van der Waals surface area (Å²) in [4.78, 5) is 16.3. The van der Waals surface area contributed by atoms with Gasteiger partial charge < -0.3 is 19.1 Å². The van der Waals surface area contributed by atoms with Crippen LogP contribution in [0.4, 0.5) is 0 Å². The molecule has 1 N–H and O–H groups in total. The molecule has 0 radical (unpaired) electrons.